The molecule has 166 valence electrons. The number of anilines is 1. The maximum atomic E-state index is 13.4. The fraction of sp³-hybridized carbons (Fsp3) is 0.625. The molecular formula is C24H35NO4S. The minimum Gasteiger partial charge on any atom is -0.481 e. The molecule has 1 N–H and O–H groups in total. The van der Waals surface area contributed by atoms with E-state index in [2.05, 4.69) is 13.8 Å². The third-order valence-corrected chi connectivity index (χ3v) is 6.55. The largest absolute Gasteiger partial charge is 0.481 e. The molecule has 5 nitrogen and oxygen atoms in total. The molecule has 1 amide bonds. The Morgan fingerprint density at radius 2 is 1.73 bits per heavy atom. The predicted octanol–water partition coefficient (Wildman–Crippen LogP) is 5.91. The number of thioether (sulfide) groups is 1. The lowest BCUT2D eigenvalue weighted by atomic mass is 9.88. The molecule has 0 spiro atoms. The first kappa shape index (κ1) is 24.4. The van der Waals surface area contributed by atoms with Crippen LogP contribution in [0.5, 0.6) is 0 Å². The third-order valence-electron chi connectivity index (χ3n) is 5.55. The van der Waals surface area contributed by atoms with E-state index in [0.29, 0.717) is 31.7 Å². The molecule has 0 heterocycles. The van der Waals surface area contributed by atoms with Gasteiger partial charge in [0.15, 0.2) is 5.12 Å². The molecule has 0 radical (unpaired) electrons. The van der Waals surface area contributed by atoms with E-state index in [1.54, 1.807) is 0 Å². The van der Waals surface area contributed by atoms with E-state index in [1.807, 2.05) is 29.2 Å². The lowest BCUT2D eigenvalue weighted by Crippen LogP contribution is -2.38. The number of para-hydroxylation sites is 1. The Balaban J connectivity index is 2.12. The SMILES string of the molecule is CC(C)CCN(C(=O)C1CCCCC1)c1ccccc1SC(=O)CCCCC(=O)O. The van der Waals surface area contributed by atoms with Crippen molar-refractivity contribution in [3.05, 3.63) is 24.3 Å². The molecule has 1 saturated carbocycles. The molecule has 0 aromatic heterocycles. The summed E-state index contributed by atoms with van der Waals surface area (Å²) in [7, 11) is 0. The second-order valence-corrected chi connectivity index (χ2v) is 9.65. The van der Waals surface area contributed by atoms with E-state index in [4.69, 9.17) is 5.11 Å². The van der Waals surface area contributed by atoms with Crippen molar-refractivity contribution in [2.75, 3.05) is 11.4 Å². The minimum absolute atomic E-state index is 0.0155. The smallest absolute Gasteiger partial charge is 0.303 e. The minimum atomic E-state index is -0.831. The Morgan fingerprint density at radius 3 is 2.40 bits per heavy atom. The zero-order valence-corrected chi connectivity index (χ0v) is 19.1. The highest BCUT2D eigenvalue weighted by Crippen LogP contribution is 2.35. The number of carbonyl (C=O) groups excluding carboxylic acids is 2. The van der Waals surface area contributed by atoms with Crippen molar-refractivity contribution in [2.45, 2.75) is 83.0 Å². The van der Waals surface area contributed by atoms with Crippen molar-refractivity contribution in [3.8, 4) is 0 Å². The van der Waals surface area contributed by atoms with E-state index in [-0.39, 0.29) is 23.4 Å². The summed E-state index contributed by atoms with van der Waals surface area (Å²) in [5.74, 6) is -0.0715. The Hall–Kier alpha value is -1.82. The monoisotopic (exact) mass is 433 g/mol. The summed E-state index contributed by atoms with van der Waals surface area (Å²) in [6.07, 6.45) is 7.76. The number of amides is 1. The van der Waals surface area contributed by atoms with Gasteiger partial charge in [-0.2, -0.15) is 0 Å². The predicted molar refractivity (Wildman–Crippen MR) is 122 cm³/mol. The van der Waals surface area contributed by atoms with Crippen molar-refractivity contribution in [1.29, 1.82) is 0 Å². The molecule has 0 saturated heterocycles. The molecule has 0 bridgehead atoms. The van der Waals surface area contributed by atoms with E-state index in [1.165, 1.54) is 18.2 Å². The maximum absolute atomic E-state index is 13.4. The first-order chi connectivity index (χ1) is 14.4. The molecule has 1 fully saturated rings. The van der Waals surface area contributed by atoms with E-state index < -0.39 is 5.97 Å². The number of aliphatic carboxylic acids is 1. The summed E-state index contributed by atoms with van der Waals surface area (Å²) < 4.78 is 0. The van der Waals surface area contributed by atoms with Crippen LogP contribution in [0.2, 0.25) is 0 Å². The molecule has 1 aliphatic rings. The quantitative estimate of drug-likeness (QED) is 0.347. The number of carboxylic acids is 1. The zero-order chi connectivity index (χ0) is 21.9. The summed E-state index contributed by atoms with van der Waals surface area (Å²) in [5.41, 5.74) is 0.831. The Morgan fingerprint density at radius 1 is 1.07 bits per heavy atom. The van der Waals surface area contributed by atoms with Crippen LogP contribution in [-0.4, -0.2) is 28.6 Å². The van der Waals surface area contributed by atoms with Gasteiger partial charge >= 0.3 is 5.97 Å². The molecule has 2 rings (SSSR count). The lowest BCUT2D eigenvalue weighted by Gasteiger charge is -2.31. The van der Waals surface area contributed by atoms with Gasteiger partial charge in [-0.1, -0.05) is 45.2 Å². The van der Waals surface area contributed by atoms with Gasteiger partial charge in [0.1, 0.15) is 0 Å². The third kappa shape index (κ3) is 8.13. The van der Waals surface area contributed by atoms with E-state index in [0.717, 1.165) is 42.7 Å². The Bertz CT molecular complexity index is 713. The van der Waals surface area contributed by atoms with Gasteiger partial charge in [-0.3, -0.25) is 14.4 Å². The normalized spacial score (nSPS) is 14.6. The molecule has 6 heteroatoms. The van der Waals surface area contributed by atoms with Gasteiger partial charge in [-0.05, 0) is 61.9 Å². The van der Waals surface area contributed by atoms with Gasteiger partial charge in [-0.25, -0.2) is 0 Å². The molecule has 1 aromatic carbocycles. The fourth-order valence-electron chi connectivity index (χ4n) is 3.79. The van der Waals surface area contributed by atoms with Gasteiger partial charge in [0.2, 0.25) is 5.91 Å². The van der Waals surface area contributed by atoms with Crippen LogP contribution in [0.4, 0.5) is 5.69 Å². The van der Waals surface area contributed by atoms with Crippen LogP contribution in [0.3, 0.4) is 0 Å². The van der Waals surface area contributed by atoms with Crippen LogP contribution in [0.15, 0.2) is 29.2 Å². The zero-order valence-electron chi connectivity index (χ0n) is 18.3. The summed E-state index contributed by atoms with van der Waals surface area (Å²) in [4.78, 5) is 39.2. The average molecular weight is 434 g/mol. The first-order valence-electron chi connectivity index (χ1n) is 11.2. The highest BCUT2D eigenvalue weighted by molar-refractivity contribution is 8.13. The highest BCUT2D eigenvalue weighted by atomic mass is 32.2. The topological polar surface area (TPSA) is 74.7 Å². The molecule has 0 aliphatic heterocycles. The van der Waals surface area contributed by atoms with Crippen LogP contribution in [-0.2, 0) is 14.4 Å². The van der Waals surface area contributed by atoms with Crippen molar-refractivity contribution >= 4 is 34.4 Å². The van der Waals surface area contributed by atoms with Crippen LogP contribution in [0.25, 0.3) is 0 Å². The molecule has 0 unspecified atom stereocenters. The van der Waals surface area contributed by atoms with Gasteiger partial charge in [0.25, 0.3) is 0 Å². The number of hydrogen-bond donors (Lipinski definition) is 1. The summed E-state index contributed by atoms with van der Waals surface area (Å²) in [6.45, 7) is 4.98. The van der Waals surface area contributed by atoms with Crippen molar-refractivity contribution in [3.63, 3.8) is 0 Å². The second-order valence-electron chi connectivity index (χ2n) is 8.55. The van der Waals surface area contributed by atoms with Crippen LogP contribution < -0.4 is 4.90 Å². The van der Waals surface area contributed by atoms with Crippen molar-refractivity contribution < 1.29 is 19.5 Å². The highest BCUT2D eigenvalue weighted by Gasteiger charge is 2.28. The Labute approximate surface area is 184 Å². The fourth-order valence-corrected chi connectivity index (χ4v) is 4.71. The van der Waals surface area contributed by atoms with Gasteiger partial charge < -0.3 is 10.0 Å². The maximum Gasteiger partial charge on any atom is 0.303 e. The van der Waals surface area contributed by atoms with Crippen LogP contribution in [0, 0.1) is 11.8 Å². The van der Waals surface area contributed by atoms with Gasteiger partial charge in [0.05, 0.1) is 5.69 Å². The van der Waals surface area contributed by atoms with Crippen molar-refractivity contribution in [1.82, 2.24) is 0 Å². The average Bonchev–Trinajstić information content (AvgIpc) is 2.72. The second kappa shape index (κ2) is 12.8. The number of hydrogen-bond acceptors (Lipinski definition) is 4. The van der Waals surface area contributed by atoms with Crippen molar-refractivity contribution in [2.24, 2.45) is 11.8 Å². The van der Waals surface area contributed by atoms with Crippen LogP contribution in [0.1, 0.15) is 78.1 Å². The van der Waals surface area contributed by atoms with Crippen LogP contribution >= 0.6 is 11.8 Å². The summed E-state index contributed by atoms with van der Waals surface area (Å²) in [5, 5.41) is 8.75. The first-order valence-corrected chi connectivity index (χ1v) is 12.0. The number of carbonyl (C=O) groups is 3. The van der Waals surface area contributed by atoms with Gasteiger partial charge in [-0.15, -0.1) is 0 Å². The molecule has 30 heavy (non-hydrogen) atoms. The summed E-state index contributed by atoms with van der Waals surface area (Å²) in [6, 6.07) is 7.68. The molecule has 1 aromatic rings. The van der Waals surface area contributed by atoms with E-state index in [9.17, 15) is 14.4 Å². The molecule has 1 aliphatic carbocycles. The molecular weight excluding hydrogens is 398 g/mol. The number of carboxylic acid groups (broad SMARTS) is 1. The lowest BCUT2D eigenvalue weighted by molar-refractivity contribution is -0.137. The number of unbranched alkanes of at least 4 members (excludes halogenated alkanes) is 1. The number of benzene rings is 1. The summed E-state index contributed by atoms with van der Waals surface area (Å²) >= 11 is 1.18. The standard InChI is InChI=1S/C24H35NO4S/c1-18(2)16-17-25(24(29)19-10-4-3-5-11-19)20-12-6-7-13-21(20)30-23(28)15-9-8-14-22(26)27/h6-7,12-13,18-19H,3-5,8-11,14-17H2,1-2H3,(H,26,27). The number of nitrogens with zero attached hydrogens (tertiary/aromatic N) is 1. The van der Waals surface area contributed by atoms with E-state index >= 15 is 0 Å². The Kier molecular flexibility index (Phi) is 10.4. The number of rotatable bonds is 11. The van der Waals surface area contributed by atoms with Gasteiger partial charge in [0, 0.05) is 30.2 Å². The molecule has 0 atom stereocenters.